The van der Waals surface area contributed by atoms with Gasteiger partial charge in [0.2, 0.25) is 0 Å². The van der Waals surface area contributed by atoms with Gasteiger partial charge in [0.1, 0.15) is 4.88 Å². The molecule has 2 rings (SSSR count). The van der Waals surface area contributed by atoms with Crippen LogP contribution < -0.4 is 11.1 Å². The number of para-hydroxylation sites is 1. The molecule has 0 spiro atoms. The van der Waals surface area contributed by atoms with Crippen molar-refractivity contribution in [3.8, 4) is 0 Å². The Morgan fingerprint density at radius 1 is 1.31 bits per heavy atom. The second kappa shape index (κ2) is 4.55. The zero-order valence-corrected chi connectivity index (χ0v) is 9.81. The number of amides is 1. The van der Waals surface area contributed by atoms with Crippen LogP contribution in [0.15, 0.2) is 35.7 Å². The summed E-state index contributed by atoms with van der Waals surface area (Å²) in [5, 5.41) is 4.99. The standard InChI is InChI=1S/C11H9ClN2OS/c12-7-3-1-2-4-9(7)14-11(15)10-8(13)5-6-16-10/h1-6H,13H2,(H,14,15). The highest BCUT2D eigenvalue weighted by Gasteiger charge is 2.12. The minimum Gasteiger partial charge on any atom is -0.397 e. The van der Waals surface area contributed by atoms with E-state index in [0.29, 0.717) is 21.3 Å². The first-order valence-electron chi connectivity index (χ1n) is 4.57. The third-order valence-corrected chi connectivity index (χ3v) is 3.28. The quantitative estimate of drug-likeness (QED) is 0.862. The Kier molecular flexibility index (Phi) is 3.12. The van der Waals surface area contributed by atoms with E-state index in [0.717, 1.165) is 0 Å². The van der Waals surface area contributed by atoms with Crippen molar-refractivity contribution >= 4 is 40.2 Å². The summed E-state index contributed by atoms with van der Waals surface area (Å²) in [5.74, 6) is -0.236. The molecule has 0 saturated heterocycles. The maximum absolute atomic E-state index is 11.8. The Bertz CT molecular complexity index is 524. The Balaban J connectivity index is 2.21. The molecule has 0 fully saturated rings. The number of nitrogen functional groups attached to an aromatic ring is 1. The number of hydrogen-bond donors (Lipinski definition) is 2. The highest BCUT2D eigenvalue weighted by molar-refractivity contribution is 7.12. The summed E-state index contributed by atoms with van der Waals surface area (Å²) in [7, 11) is 0. The smallest absolute Gasteiger partial charge is 0.267 e. The Hall–Kier alpha value is -1.52. The van der Waals surface area contributed by atoms with Crippen LogP contribution in [-0.2, 0) is 0 Å². The molecule has 0 radical (unpaired) electrons. The monoisotopic (exact) mass is 252 g/mol. The molecule has 1 amide bonds. The normalized spacial score (nSPS) is 10.1. The average molecular weight is 253 g/mol. The number of carbonyl (C=O) groups is 1. The van der Waals surface area contributed by atoms with Crippen molar-refractivity contribution in [3.05, 3.63) is 45.6 Å². The fraction of sp³-hybridized carbons (Fsp3) is 0. The van der Waals surface area contributed by atoms with Crippen LogP contribution in [0.3, 0.4) is 0 Å². The minimum atomic E-state index is -0.236. The second-order valence-electron chi connectivity index (χ2n) is 3.14. The lowest BCUT2D eigenvalue weighted by Gasteiger charge is -2.05. The van der Waals surface area contributed by atoms with E-state index in [1.54, 1.807) is 35.7 Å². The molecule has 1 aromatic heterocycles. The van der Waals surface area contributed by atoms with Gasteiger partial charge in [-0.2, -0.15) is 0 Å². The third kappa shape index (κ3) is 2.18. The number of nitrogens with two attached hydrogens (primary N) is 1. The Morgan fingerprint density at radius 2 is 2.06 bits per heavy atom. The van der Waals surface area contributed by atoms with E-state index in [1.807, 2.05) is 0 Å². The molecule has 16 heavy (non-hydrogen) atoms. The van der Waals surface area contributed by atoms with E-state index >= 15 is 0 Å². The molecule has 0 aliphatic rings. The minimum absolute atomic E-state index is 0.236. The predicted octanol–water partition coefficient (Wildman–Crippen LogP) is 3.24. The fourth-order valence-electron chi connectivity index (χ4n) is 1.25. The molecule has 0 aliphatic carbocycles. The van der Waals surface area contributed by atoms with Gasteiger partial charge in [-0.25, -0.2) is 0 Å². The molecule has 0 saturated carbocycles. The number of carbonyl (C=O) groups excluding carboxylic acids is 1. The van der Waals surface area contributed by atoms with Crippen LogP contribution >= 0.6 is 22.9 Å². The van der Waals surface area contributed by atoms with Crippen molar-refractivity contribution in [3.63, 3.8) is 0 Å². The van der Waals surface area contributed by atoms with Crippen LogP contribution in [0.4, 0.5) is 11.4 Å². The lowest BCUT2D eigenvalue weighted by atomic mass is 10.3. The molecule has 0 unspecified atom stereocenters. The highest BCUT2D eigenvalue weighted by atomic mass is 35.5. The summed E-state index contributed by atoms with van der Waals surface area (Å²) in [6.45, 7) is 0. The third-order valence-electron chi connectivity index (χ3n) is 2.02. The lowest BCUT2D eigenvalue weighted by Crippen LogP contribution is -2.12. The van der Waals surface area contributed by atoms with Gasteiger partial charge in [0.25, 0.3) is 5.91 Å². The van der Waals surface area contributed by atoms with Crippen LogP contribution in [0.5, 0.6) is 0 Å². The summed E-state index contributed by atoms with van der Waals surface area (Å²) in [4.78, 5) is 12.3. The van der Waals surface area contributed by atoms with Gasteiger partial charge in [-0.1, -0.05) is 23.7 Å². The first-order chi connectivity index (χ1) is 7.68. The van der Waals surface area contributed by atoms with Crippen LogP contribution in [0.2, 0.25) is 5.02 Å². The van der Waals surface area contributed by atoms with E-state index in [-0.39, 0.29) is 5.91 Å². The van der Waals surface area contributed by atoms with Gasteiger partial charge < -0.3 is 11.1 Å². The number of nitrogens with one attached hydrogen (secondary N) is 1. The molecule has 3 N–H and O–H groups in total. The van der Waals surface area contributed by atoms with E-state index in [9.17, 15) is 4.79 Å². The zero-order chi connectivity index (χ0) is 11.5. The summed E-state index contributed by atoms with van der Waals surface area (Å²) < 4.78 is 0. The van der Waals surface area contributed by atoms with Crippen molar-refractivity contribution in [2.75, 3.05) is 11.1 Å². The molecule has 5 heteroatoms. The zero-order valence-electron chi connectivity index (χ0n) is 8.24. The lowest BCUT2D eigenvalue weighted by molar-refractivity contribution is 0.103. The summed E-state index contributed by atoms with van der Waals surface area (Å²) in [5.41, 5.74) is 6.72. The molecule has 2 aromatic rings. The maximum Gasteiger partial charge on any atom is 0.267 e. The van der Waals surface area contributed by atoms with Gasteiger partial charge in [-0.15, -0.1) is 11.3 Å². The molecule has 1 aromatic carbocycles. The number of rotatable bonds is 2. The van der Waals surface area contributed by atoms with Crippen molar-refractivity contribution in [1.29, 1.82) is 0 Å². The molecule has 1 heterocycles. The second-order valence-corrected chi connectivity index (χ2v) is 4.46. The number of hydrogen-bond acceptors (Lipinski definition) is 3. The van der Waals surface area contributed by atoms with Gasteiger partial charge in [0.05, 0.1) is 16.4 Å². The number of thiophene rings is 1. The van der Waals surface area contributed by atoms with Crippen LogP contribution in [0.25, 0.3) is 0 Å². The molecule has 82 valence electrons. The van der Waals surface area contributed by atoms with E-state index in [1.165, 1.54) is 11.3 Å². The van der Waals surface area contributed by atoms with Crippen molar-refractivity contribution in [2.24, 2.45) is 0 Å². The first kappa shape index (κ1) is 11.0. The summed E-state index contributed by atoms with van der Waals surface area (Å²) >= 11 is 7.23. The SMILES string of the molecule is Nc1ccsc1C(=O)Nc1ccccc1Cl. The van der Waals surface area contributed by atoms with Crippen LogP contribution in [0, 0.1) is 0 Å². The Labute approximate surface area is 102 Å². The summed E-state index contributed by atoms with van der Waals surface area (Å²) in [6, 6.07) is 8.77. The number of benzene rings is 1. The predicted molar refractivity (Wildman–Crippen MR) is 68.1 cm³/mol. The van der Waals surface area contributed by atoms with Gasteiger partial charge in [-0.3, -0.25) is 4.79 Å². The average Bonchev–Trinajstić information content (AvgIpc) is 2.68. The first-order valence-corrected chi connectivity index (χ1v) is 5.83. The van der Waals surface area contributed by atoms with Gasteiger partial charge in [0, 0.05) is 0 Å². The van der Waals surface area contributed by atoms with Crippen LogP contribution in [0.1, 0.15) is 9.67 Å². The van der Waals surface area contributed by atoms with Gasteiger partial charge in [0.15, 0.2) is 0 Å². The van der Waals surface area contributed by atoms with Crippen molar-refractivity contribution in [1.82, 2.24) is 0 Å². The highest BCUT2D eigenvalue weighted by Crippen LogP contribution is 2.24. The number of anilines is 2. The largest absolute Gasteiger partial charge is 0.397 e. The maximum atomic E-state index is 11.8. The van der Waals surface area contributed by atoms with Crippen molar-refractivity contribution < 1.29 is 4.79 Å². The Morgan fingerprint density at radius 3 is 2.69 bits per heavy atom. The van der Waals surface area contributed by atoms with Crippen molar-refractivity contribution in [2.45, 2.75) is 0 Å². The molecule has 0 bridgehead atoms. The molecular weight excluding hydrogens is 244 g/mol. The molecule has 3 nitrogen and oxygen atoms in total. The molecule has 0 aliphatic heterocycles. The van der Waals surface area contributed by atoms with E-state index < -0.39 is 0 Å². The van der Waals surface area contributed by atoms with Gasteiger partial charge >= 0.3 is 0 Å². The number of halogens is 1. The fourth-order valence-corrected chi connectivity index (χ4v) is 2.14. The molecular formula is C11H9ClN2OS. The van der Waals surface area contributed by atoms with E-state index in [2.05, 4.69) is 5.32 Å². The van der Waals surface area contributed by atoms with Crippen LogP contribution in [-0.4, -0.2) is 5.91 Å². The van der Waals surface area contributed by atoms with E-state index in [4.69, 9.17) is 17.3 Å². The molecule has 0 atom stereocenters. The van der Waals surface area contributed by atoms with Gasteiger partial charge in [-0.05, 0) is 23.6 Å². The topological polar surface area (TPSA) is 55.1 Å². The summed E-state index contributed by atoms with van der Waals surface area (Å²) in [6.07, 6.45) is 0.